The van der Waals surface area contributed by atoms with Crippen molar-refractivity contribution in [1.29, 1.82) is 0 Å². The number of carbonyl (C=O) groups is 1. The molecule has 1 N–H and O–H groups in total. The minimum absolute atomic E-state index is 0.199. The summed E-state index contributed by atoms with van der Waals surface area (Å²) in [5.74, 6) is -0.199. The van der Waals surface area contributed by atoms with Crippen LogP contribution in [0.3, 0.4) is 0 Å². The number of nitrogens with one attached hydrogen (secondary N) is 1. The van der Waals surface area contributed by atoms with E-state index in [1.54, 1.807) is 20.8 Å². The van der Waals surface area contributed by atoms with Crippen molar-refractivity contribution in [1.82, 2.24) is 4.98 Å². The van der Waals surface area contributed by atoms with Gasteiger partial charge < -0.3 is 25.1 Å². The Kier molecular flexibility index (Phi) is 6.03. The smallest absolute Gasteiger partial charge is 0.414 e. The van der Waals surface area contributed by atoms with Crippen LogP contribution in [-0.2, 0) is 9.47 Å². The Morgan fingerprint density at radius 2 is 2.05 bits per heavy atom. The predicted octanol–water partition coefficient (Wildman–Crippen LogP) is 0.982. The minimum atomic E-state index is -1.37. The van der Waals surface area contributed by atoms with Gasteiger partial charge in [0.05, 0.1) is 25.0 Å². The van der Waals surface area contributed by atoms with Crippen LogP contribution in [0.15, 0.2) is 18.3 Å². The first-order valence-corrected chi connectivity index (χ1v) is 6.41. The lowest BCUT2D eigenvalue weighted by atomic mass is 10.2. The SMILES string of the molecule is COCCN(C(=O)OC(C)(C)C)c1ccc([NH+]([O-])[O-])nc1. The topological polar surface area (TPSA) is 102 Å². The lowest BCUT2D eigenvalue weighted by molar-refractivity contribution is -0.718. The molecule has 1 amide bonds. The lowest BCUT2D eigenvalue weighted by Gasteiger charge is -2.28. The number of amides is 1. The number of anilines is 1. The second-order valence-corrected chi connectivity index (χ2v) is 5.31. The van der Waals surface area contributed by atoms with Crippen molar-refractivity contribution >= 4 is 17.6 Å². The van der Waals surface area contributed by atoms with Crippen LogP contribution in [0.5, 0.6) is 0 Å². The first-order chi connectivity index (χ1) is 9.74. The number of aromatic nitrogens is 1. The van der Waals surface area contributed by atoms with E-state index >= 15 is 0 Å². The zero-order valence-corrected chi connectivity index (χ0v) is 12.6. The largest absolute Gasteiger partial charge is 0.626 e. The number of ether oxygens (including phenoxy) is 2. The van der Waals surface area contributed by atoms with Crippen LogP contribution in [0.2, 0.25) is 0 Å². The summed E-state index contributed by atoms with van der Waals surface area (Å²) < 4.78 is 10.3. The second kappa shape index (κ2) is 7.32. The number of methoxy groups -OCH3 is 1. The fraction of sp³-hybridized carbons (Fsp3) is 0.538. The maximum atomic E-state index is 12.2. The molecule has 21 heavy (non-hydrogen) atoms. The summed E-state index contributed by atoms with van der Waals surface area (Å²) in [6.07, 6.45) is 0.729. The highest BCUT2D eigenvalue weighted by Gasteiger charge is 2.23. The molecule has 1 aromatic heterocycles. The number of hydrogen-bond donors (Lipinski definition) is 1. The van der Waals surface area contributed by atoms with E-state index in [9.17, 15) is 15.2 Å². The molecular weight excluding hydrogens is 278 g/mol. The van der Waals surface area contributed by atoms with Crippen LogP contribution in [-0.4, -0.2) is 36.9 Å². The fourth-order valence-corrected chi connectivity index (χ4v) is 1.49. The number of rotatable bonds is 5. The van der Waals surface area contributed by atoms with Crippen molar-refractivity contribution in [2.24, 2.45) is 0 Å². The maximum absolute atomic E-state index is 12.2. The third-order valence-corrected chi connectivity index (χ3v) is 2.40. The normalized spacial score (nSPS) is 11.6. The molecule has 1 rings (SSSR count). The molecule has 1 aromatic rings. The molecule has 0 aliphatic carbocycles. The quantitative estimate of drug-likeness (QED) is 0.813. The minimum Gasteiger partial charge on any atom is -0.626 e. The summed E-state index contributed by atoms with van der Waals surface area (Å²) in [5, 5.41) is 20.0. The van der Waals surface area contributed by atoms with Crippen LogP contribution in [0.1, 0.15) is 20.8 Å². The van der Waals surface area contributed by atoms with Crippen LogP contribution in [0, 0.1) is 10.4 Å². The number of nitrogens with zero attached hydrogens (tertiary/aromatic N) is 2. The van der Waals surface area contributed by atoms with Gasteiger partial charge in [-0.2, -0.15) is 0 Å². The number of pyridine rings is 1. The molecule has 0 aromatic carbocycles. The molecule has 8 nitrogen and oxygen atoms in total. The summed E-state index contributed by atoms with van der Waals surface area (Å²) >= 11 is 0. The van der Waals surface area contributed by atoms with Crippen molar-refractivity contribution in [2.45, 2.75) is 26.4 Å². The Morgan fingerprint density at radius 3 is 2.48 bits per heavy atom. The van der Waals surface area contributed by atoms with Crippen LogP contribution in [0.25, 0.3) is 0 Å². The molecule has 0 radical (unpaired) electrons. The standard InChI is InChI=1S/C13H20N3O5/c1-13(2,3)21-12(17)15(7-8-20-4)10-5-6-11(14-9-10)16(18)19/h5-6,9,16H,7-8H2,1-4H3/q-1. The summed E-state index contributed by atoms with van der Waals surface area (Å²) in [5.41, 5.74) is -0.216. The molecular formula is C13H20N3O5-. The molecule has 0 spiro atoms. The van der Waals surface area contributed by atoms with E-state index in [0.29, 0.717) is 12.3 Å². The summed E-state index contributed by atoms with van der Waals surface area (Å²) in [6, 6.07) is 2.74. The molecule has 0 atom stereocenters. The Bertz CT molecular complexity index is 456. The van der Waals surface area contributed by atoms with Crippen molar-refractivity contribution in [3.05, 3.63) is 28.7 Å². The van der Waals surface area contributed by atoms with E-state index < -0.39 is 16.9 Å². The van der Waals surface area contributed by atoms with E-state index in [1.165, 1.54) is 30.3 Å². The molecule has 0 fully saturated rings. The molecule has 0 aliphatic heterocycles. The summed E-state index contributed by atoms with van der Waals surface area (Å²) in [7, 11) is 1.52. The highest BCUT2D eigenvalue weighted by molar-refractivity contribution is 5.87. The highest BCUT2D eigenvalue weighted by atomic mass is 16.8. The maximum Gasteiger partial charge on any atom is 0.414 e. The fourth-order valence-electron chi connectivity index (χ4n) is 1.49. The van der Waals surface area contributed by atoms with Gasteiger partial charge in [0, 0.05) is 13.2 Å². The third-order valence-electron chi connectivity index (χ3n) is 2.40. The second-order valence-electron chi connectivity index (χ2n) is 5.31. The van der Waals surface area contributed by atoms with Crippen LogP contribution in [0.4, 0.5) is 16.3 Å². The van der Waals surface area contributed by atoms with Gasteiger partial charge in [-0.15, -0.1) is 0 Å². The van der Waals surface area contributed by atoms with Gasteiger partial charge in [-0.3, -0.25) is 4.90 Å². The summed E-state index contributed by atoms with van der Waals surface area (Å²) in [4.78, 5) is 17.2. The molecule has 0 saturated carbocycles. The molecule has 0 unspecified atom stereocenters. The lowest BCUT2D eigenvalue weighted by Crippen LogP contribution is -2.96. The average molecular weight is 298 g/mol. The van der Waals surface area contributed by atoms with Gasteiger partial charge in [0.1, 0.15) is 5.60 Å². The zero-order chi connectivity index (χ0) is 16.0. The van der Waals surface area contributed by atoms with Crippen molar-refractivity contribution in [2.75, 3.05) is 25.2 Å². The van der Waals surface area contributed by atoms with Gasteiger partial charge in [0.25, 0.3) is 0 Å². The molecule has 1 heterocycles. The Hall–Kier alpha value is -1.74. The van der Waals surface area contributed by atoms with E-state index in [0.717, 1.165) is 0 Å². The monoisotopic (exact) mass is 298 g/mol. The van der Waals surface area contributed by atoms with Gasteiger partial charge in [-0.25, -0.2) is 9.78 Å². The molecule has 0 aliphatic rings. The Balaban J connectivity index is 2.93. The molecule has 118 valence electrons. The van der Waals surface area contributed by atoms with Gasteiger partial charge in [-0.1, -0.05) is 0 Å². The van der Waals surface area contributed by atoms with Gasteiger partial charge in [-0.05, 0) is 26.8 Å². The van der Waals surface area contributed by atoms with Crippen LogP contribution >= 0.6 is 0 Å². The third kappa shape index (κ3) is 5.64. The molecule has 8 heteroatoms. The molecule has 0 saturated heterocycles. The predicted molar refractivity (Wildman–Crippen MR) is 77.0 cm³/mol. The first kappa shape index (κ1) is 17.3. The van der Waals surface area contributed by atoms with E-state index in [4.69, 9.17) is 9.47 Å². The number of hydrogen-bond acceptors (Lipinski definition) is 6. The van der Waals surface area contributed by atoms with E-state index in [2.05, 4.69) is 4.98 Å². The van der Waals surface area contributed by atoms with E-state index in [-0.39, 0.29) is 12.4 Å². The first-order valence-electron chi connectivity index (χ1n) is 6.41. The number of carbonyl (C=O) groups excluding carboxylic acids is 1. The van der Waals surface area contributed by atoms with E-state index in [1.807, 2.05) is 0 Å². The highest BCUT2D eigenvalue weighted by Crippen LogP contribution is 2.18. The average Bonchev–Trinajstić information content (AvgIpc) is 2.37. The van der Waals surface area contributed by atoms with Crippen molar-refractivity contribution in [3.63, 3.8) is 0 Å². The van der Waals surface area contributed by atoms with Gasteiger partial charge >= 0.3 is 6.09 Å². The van der Waals surface area contributed by atoms with Crippen molar-refractivity contribution < 1.29 is 19.5 Å². The van der Waals surface area contributed by atoms with Crippen LogP contribution < -0.4 is 10.1 Å². The van der Waals surface area contributed by atoms with Crippen molar-refractivity contribution in [3.8, 4) is 0 Å². The summed E-state index contributed by atoms with van der Waals surface area (Å²) in [6.45, 7) is 5.85. The Morgan fingerprint density at radius 1 is 1.38 bits per heavy atom. The Labute approximate surface area is 123 Å². The number of quaternary nitrogens is 1. The molecule has 0 bridgehead atoms. The van der Waals surface area contributed by atoms with Gasteiger partial charge in [0.2, 0.25) is 5.82 Å². The zero-order valence-electron chi connectivity index (χ0n) is 12.6. The van der Waals surface area contributed by atoms with Gasteiger partial charge in [0.15, 0.2) is 0 Å².